The predicted molar refractivity (Wildman–Crippen MR) is 220 cm³/mol. The molecule has 300 valence electrons. The van der Waals surface area contributed by atoms with Gasteiger partial charge in [0.1, 0.15) is 17.3 Å². The van der Waals surface area contributed by atoms with Crippen LogP contribution in [0.1, 0.15) is 32.6 Å². The number of nitrogens with one attached hydrogen (secondary N) is 1. The first kappa shape index (κ1) is 38.5. The van der Waals surface area contributed by atoms with E-state index in [1.54, 1.807) is 48.5 Å². The number of rotatable bonds is 11. The maximum absolute atomic E-state index is 14.1. The Kier molecular flexibility index (Phi) is 11.6. The lowest BCUT2D eigenvalue weighted by molar-refractivity contribution is 0.0303. The van der Waals surface area contributed by atoms with Crippen LogP contribution in [0.5, 0.6) is 11.5 Å². The molecule has 5 heterocycles. The molecular weight excluding hydrogens is 739 g/mol. The molecule has 0 radical (unpaired) electrons. The highest BCUT2D eigenvalue weighted by Gasteiger charge is 2.32. The third-order valence-corrected chi connectivity index (χ3v) is 10.6. The van der Waals surface area contributed by atoms with Crippen LogP contribution in [0.15, 0.2) is 79.1 Å². The normalized spacial score (nSPS) is 15.2. The lowest BCUT2D eigenvalue weighted by Crippen LogP contribution is -2.40. The largest absolute Gasteiger partial charge is 0.497 e. The summed E-state index contributed by atoms with van der Waals surface area (Å²) < 4.78 is 21.8. The molecule has 2 fully saturated rings. The number of fused-ring (bicyclic) bond motifs is 1. The summed E-state index contributed by atoms with van der Waals surface area (Å²) in [4.78, 5) is 54.9. The van der Waals surface area contributed by atoms with Crippen molar-refractivity contribution in [3.05, 3.63) is 107 Å². The fourth-order valence-electron chi connectivity index (χ4n) is 7.31. The first-order valence-electron chi connectivity index (χ1n) is 19.5. The molecule has 0 atom stereocenters. The number of aryl methyl sites for hydroxylation is 1. The van der Waals surface area contributed by atoms with Crippen LogP contribution < -0.4 is 29.5 Å². The van der Waals surface area contributed by atoms with Gasteiger partial charge in [-0.25, -0.2) is 19.7 Å². The SMILES string of the molecule is COc1ccc(CN(Cc2ccc(OC)cc2)c2ncc(-c3nc(N4CCOCC4)nc4c3CCN4C(=O)Nc3cc(C(=O)N4CCOCC4)ccc3C)cn2)cc1. The molecule has 0 bridgehead atoms. The van der Waals surface area contributed by atoms with Crippen LogP contribution in [-0.2, 0) is 29.0 Å². The number of ether oxygens (including phenoxy) is 4. The number of benzene rings is 3. The second kappa shape index (κ2) is 17.4. The van der Waals surface area contributed by atoms with Crippen molar-refractivity contribution in [2.45, 2.75) is 26.4 Å². The summed E-state index contributed by atoms with van der Waals surface area (Å²) in [5, 5.41) is 3.08. The Morgan fingerprint density at radius 1 is 0.776 bits per heavy atom. The Morgan fingerprint density at radius 3 is 1.98 bits per heavy atom. The Hall–Kier alpha value is -6.32. The van der Waals surface area contributed by atoms with Crippen LogP contribution in [-0.4, -0.2) is 110 Å². The van der Waals surface area contributed by atoms with Crippen LogP contribution in [0, 0.1) is 6.92 Å². The molecule has 15 heteroatoms. The van der Waals surface area contributed by atoms with Gasteiger partial charge in [-0.05, 0) is 66.4 Å². The molecule has 3 aromatic carbocycles. The zero-order valence-electron chi connectivity index (χ0n) is 33.0. The minimum absolute atomic E-state index is 0.0873. The minimum atomic E-state index is -0.338. The smallest absolute Gasteiger partial charge is 0.327 e. The Balaban J connectivity index is 1.08. The maximum atomic E-state index is 14.1. The van der Waals surface area contributed by atoms with Gasteiger partial charge in [0.15, 0.2) is 0 Å². The van der Waals surface area contributed by atoms with Crippen molar-refractivity contribution in [1.29, 1.82) is 0 Å². The number of carbonyl (C=O) groups is 2. The molecule has 8 rings (SSSR count). The number of anilines is 4. The molecule has 1 N–H and O–H groups in total. The van der Waals surface area contributed by atoms with Crippen molar-refractivity contribution in [1.82, 2.24) is 24.8 Å². The van der Waals surface area contributed by atoms with Crippen LogP contribution >= 0.6 is 0 Å². The number of methoxy groups -OCH3 is 2. The topological polar surface area (TPSA) is 148 Å². The van der Waals surface area contributed by atoms with Gasteiger partial charge in [0.05, 0.1) is 46.3 Å². The maximum Gasteiger partial charge on any atom is 0.327 e. The van der Waals surface area contributed by atoms with Crippen molar-refractivity contribution in [2.24, 2.45) is 0 Å². The van der Waals surface area contributed by atoms with E-state index >= 15 is 0 Å². The van der Waals surface area contributed by atoms with E-state index in [4.69, 9.17) is 38.9 Å². The molecule has 3 aliphatic rings. The third kappa shape index (κ3) is 8.50. The predicted octanol–water partition coefficient (Wildman–Crippen LogP) is 5.37. The van der Waals surface area contributed by atoms with Gasteiger partial charge < -0.3 is 39.0 Å². The highest BCUT2D eigenvalue weighted by molar-refractivity contribution is 6.04. The molecule has 15 nitrogen and oxygen atoms in total. The van der Waals surface area contributed by atoms with Gasteiger partial charge in [-0.3, -0.25) is 9.69 Å². The summed E-state index contributed by atoms with van der Waals surface area (Å²) in [6, 6.07) is 21.0. The van der Waals surface area contributed by atoms with Gasteiger partial charge in [0.25, 0.3) is 5.91 Å². The minimum Gasteiger partial charge on any atom is -0.497 e. The number of carbonyl (C=O) groups excluding carboxylic acids is 2. The van der Waals surface area contributed by atoms with Crippen LogP contribution in [0.4, 0.5) is 28.2 Å². The van der Waals surface area contributed by atoms with E-state index in [0.29, 0.717) is 113 Å². The Morgan fingerprint density at radius 2 is 1.38 bits per heavy atom. The summed E-state index contributed by atoms with van der Waals surface area (Å²) in [6.07, 6.45) is 4.14. The zero-order valence-corrected chi connectivity index (χ0v) is 33.0. The monoisotopic (exact) mass is 785 g/mol. The molecule has 2 aromatic heterocycles. The van der Waals surface area contributed by atoms with E-state index in [1.807, 2.05) is 61.5 Å². The van der Waals surface area contributed by atoms with Gasteiger partial charge in [-0.2, -0.15) is 4.98 Å². The van der Waals surface area contributed by atoms with E-state index in [0.717, 1.165) is 39.3 Å². The summed E-state index contributed by atoms with van der Waals surface area (Å²) in [5.74, 6) is 3.09. The molecule has 0 spiro atoms. The standard InChI is InChI=1S/C43H47N9O6/c1-29-4-9-32(40(53)49-16-20-57-21-17-49)24-37(29)46-43(54)52-15-14-36-38(47-42(48-39(36)52)50-18-22-58-23-19-50)33-25-44-41(45-26-33)51(27-30-5-10-34(55-2)11-6-30)28-31-7-12-35(56-3)13-8-31/h4-13,24-26H,14-23,27-28H2,1-3H3,(H,46,54). The van der Waals surface area contributed by atoms with E-state index in [1.165, 1.54) is 0 Å². The van der Waals surface area contributed by atoms with Crippen molar-refractivity contribution in [3.63, 3.8) is 0 Å². The van der Waals surface area contributed by atoms with Gasteiger partial charge in [0.2, 0.25) is 11.9 Å². The lowest BCUT2D eigenvalue weighted by atomic mass is 10.1. The summed E-state index contributed by atoms with van der Waals surface area (Å²) in [7, 11) is 3.31. The second-order valence-corrected chi connectivity index (χ2v) is 14.4. The molecule has 0 aliphatic carbocycles. The van der Waals surface area contributed by atoms with Gasteiger partial charge in [-0.15, -0.1) is 0 Å². The van der Waals surface area contributed by atoms with Crippen LogP contribution in [0.25, 0.3) is 11.3 Å². The molecule has 0 saturated carbocycles. The zero-order chi connectivity index (χ0) is 40.0. The number of aromatic nitrogens is 4. The average Bonchev–Trinajstić information content (AvgIpc) is 3.72. The Labute approximate surface area is 337 Å². The molecule has 5 aromatic rings. The van der Waals surface area contributed by atoms with E-state index in [9.17, 15) is 9.59 Å². The summed E-state index contributed by atoms with van der Waals surface area (Å²) in [5.41, 5.74) is 6.32. The Bertz CT molecular complexity index is 2180. The van der Waals surface area contributed by atoms with Crippen molar-refractivity contribution in [3.8, 4) is 22.8 Å². The number of hydrogen-bond acceptors (Lipinski definition) is 12. The fraction of sp³-hybridized carbons (Fsp3) is 0.349. The molecule has 0 unspecified atom stereocenters. The quantitative estimate of drug-likeness (QED) is 0.184. The van der Waals surface area contributed by atoms with E-state index in [-0.39, 0.29) is 11.9 Å². The van der Waals surface area contributed by atoms with Gasteiger partial charge in [-0.1, -0.05) is 30.3 Å². The molecular formula is C43H47N9O6. The fourth-order valence-corrected chi connectivity index (χ4v) is 7.31. The van der Waals surface area contributed by atoms with Crippen molar-refractivity contribution in [2.75, 3.05) is 93.4 Å². The van der Waals surface area contributed by atoms with Crippen molar-refractivity contribution < 1.29 is 28.5 Å². The summed E-state index contributed by atoms with van der Waals surface area (Å²) in [6.45, 7) is 7.86. The number of urea groups is 1. The number of amides is 3. The first-order valence-corrected chi connectivity index (χ1v) is 19.5. The number of morpholine rings is 2. The van der Waals surface area contributed by atoms with Crippen molar-refractivity contribution >= 4 is 35.3 Å². The van der Waals surface area contributed by atoms with Crippen LogP contribution in [0.2, 0.25) is 0 Å². The molecule has 58 heavy (non-hydrogen) atoms. The second-order valence-electron chi connectivity index (χ2n) is 14.4. The highest BCUT2D eigenvalue weighted by Crippen LogP contribution is 2.36. The van der Waals surface area contributed by atoms with E-state index < -0.39 is 0 Å². The summed E-state index contributed by atoms with van der Waals surface area (Å²) >= 11 is 0. The highest BCUT2D eigenvalue weighted by atomic mass is 16.5. The third-order valence-electron chi connectivity index (χ3n) is 10.6. The van der Waals surface area contributed by atoms with Gasteiger partial charge >= 0.3 is 6.03 Å². The lowest BCUT2D eigenvalue weighted by Gasteiger charge is -2.28. The van der Waals surface area contributed by atoms with E-state index in [2.05, 4.69) is 15.1 Å². The van der Waals surface area contributed by atoms with Gasteiger partial charge in [0, 0.05) is 80.6 Å². The first-order chi connectivity index (χ1) is 28.4. The van der Waals surface area contributed by atoms with Crippen LogP contribution in [0.3, 0.4) is 0 Å². The molecule has 3 aliphatic heterocycles. The molecule has 2 saturated heterocycles. The number of hydrogen-bond donors (Lipinski definition) is 1. The number of nitrogens with zero attached hydrogens (tertiary/aromatic N) is 8. The molecule has 3 amide bonds. The average molecular weight is 786 g/mol.